The molecule has 0 radical (unpaired) electrons. The van der Waals surface area contributed by atoms with E-state index in [2.05, 4.69) is 9.68 Å². The molecule has 0 spiro atoms. The smallest absolute Gasteiger partial charge is 0.181 e. The van der Waals surface area contributed by atoms with Crippen molar-refractivity contribution in [3.05, 3.63) is 17.5 Å². The van der Waals surface area contributed by atoms with Crippen LogP contribution in [-0.2, 0) is 0 Å². The minimum Gasteiger partial charge on any atom is -0.364 e. The van der Waals surface area contributed by atoms with Crippen molar-refractivity contribution in [3.8, 4) is 0 Å². The van der Waals surface area contributed by atoms with Crippen LogP contribution in [-0.4, -0.2) is 17.5 Å². The highest BCUT2D eigenvalue weighted by Gasteiger charge is 2.09. The number of nitrogens with two attached hydrogens (primary N) is 1. The van der Waals surface area contributed by atoms with Crippen molar-refractivity contribution >= 4 is 5.78 Å². The highest BCUT2D eigenvalue weighted by molar-refractivity contribution is 5.97. The van der Waals surface area contributed by atoms with Gasteiger partial charge < -0.3 is 10.3 Å². The highest BCUT2D eigenvalue weighted by Crippen LogP contribution is 2.04. The van der Waals surface area contributed by atoms with E-state index in [1.807, 2.05) is 0 Å². The molecular formula is C6H8N2O2. The molecule has 1 rings (SSSR count). The average molecular weight is 140 g/mol. The van der Waals surface area contributed by atoms with Crippen LogP contribution in [0.25, 0.3) is 0 Å². The Bertz CT molecular complexity index is 242. The number of nitrogens with zero attached hydrogens (tertiary/aromatic N) is 1. The molecule has 0 aromatic carbocycles. The first-order chi connectivity index (χ1) is 4.75. The predicted octanol–water partition coefficient (Wildman–Crippen LogP) is 0.124. The minimum atomic E-state index is -0.140. The van der Waals surface area contributed by atoms with Gasteiger partial charge >= 0.3 is 0 Å². The summed E-state index contributed by atoms with van der Waals surface area (Å²) >= 11 is 0. The molecule has 4 nitrogen and oxygen atoms in total. The van der Waals surface area contributed by atoms with Crippen LogP contribution in [0.15, 0.2) is 10.8 Å². The molecule has 0 unspecified atom stereocenters. The topological polar surface area (TPSA) is 69.1 Å². The lowest BCUT2D eigenvalue weighted by Crippen LogP contribution is -2.13. The van der Waals surface area contributed by atoms with Crippen molar-refractivity contribution in [1.29, 1.82) is 0 Å². The highest BCUT2D eigenvalue weighted by atomic mass is 16.5. The molecule has 0 aliphatic heterocycles. The molecule has 2 N–H and O–H groups in total. The third kappa shape index (κ3) is 1.06. The molecule has 54 valence electrons. The number of aryl methyl sites for hydroxylation is 1. The number of aromatic nitrogens is 1. The standard InChI is InChI=1S/C6H8N2O2/c1-4-5(3-10-8-4)6(9)2-7/h3H,2,7H2,1H3. The van der Waals surface area contributed by atoms with Gasteiger partial charge in [-0.15, -0.1) is 0 Å². The molecule has 0 saturated heterocycles. The number of carbonyl (C=O) groups is 1. The molecule has 0 aliphatic carbocycles. The molecule has 0 amide bonds. The first-order valence-corrected chi connectivity index (χ1v) is 2.90. The van der Waals surface area contributed by atoms with E-state index in [9.17, 15) is 4.79 Å². The van der Waals surface area contributed by atoms with Gasteiger partial charge in [0.25, 0.3) is 0 Å². The third-order valence-electron chi connectivity index (χ3n) is 1.24. The Balaban J connectivity index is 2.93. The van der Waals surface area contributed by atoms with Gasteiger partial charge in [-0.1, -0.05) is 5.16 Å². The fourth-order valence-electron chi connectivity index (χ4n) is 0.670. The number of Topliss-reactive ketones (excluding diaryl/α,β-unsaturated/α-hetero) is 1. The van der Waals surface area contributed by atoms with Gasteiger partial charge in [-0.2, -0.15) is 0 Å². The van der Waals surface area contributed by atoms with Crippen molar-refractivity contribution in [2.45, 2.75) is 6.92 Å². The lowest BCUT2D eigenvalue weighted by atomic mass is 10.2. The van der Waals surface area contributed by atoms with Crippen LogP contribution < -0.4 is 5.73 Å². The second-order valence-corrected chi connectivity index (χ2v) is 1.94. The van der Waals surface area contributed by atoms with Gasteiger partial charge in [0, 0.05) is 0 Å². The summed E-state index contributed by atoms with van der Waals surface area (Å²) in [4.78, 5) is 10.9. The Hall–Kier alpha value is -1.16. The van der Waals surface area contributed by atoms with Gasteiger partial charge in [-0.05, 0) is 6.92 Å². The van der Waals surface area contributed by atoms with E-state index in [1.54, 1.807) is 6.92 Å². The van der Waals surface area contributed by atoms with Crippen LogP contribution in [0.2, 0.25) is 0 Å². The van der Waals surface area contributed by atoms with E-state index >= 15 is 0 Å². The quantitative estimate of drug-likeness (QED) is 0.592. The van der Waals surface area contributed by atoms with Crippen molar-refractivity contribution in [2.24, 2.45) is 5.73 Å². The molecule has 10 heavy (non-hydrogen) atoms. The van der Waals surface area contributed by atoms with Gasteiger partial charge in [-0.3, -0.25) is 4.79 Å². The first-order valence-electron chi connectivity index (χ1n) is 2.90. The van der Waals surface area contributed by atoms with Crippen LogP contribution >= 0.6 is 0 Å². The summed E-state index contributed by atoms with van der Waals surface area (Å²) in [5.41, 5.74) is 6.18. The fourth-order valence-corrected chi connectivity index (χ4v) is 0.670. The maximum Gasteiger partial charge on any atom is 0.181 e. The summed E-state index contributed by atoms with van der Waals surface area (Å²) < 4.78 is 4.54. The Kier molecular flexibility index (Phi) is 1.82. The molecule has 1 heterocycles. The Morgan fingerprint density at radius 3 is 3.00 bits per heavy atom. The maximum atomic E-state index is 10.9. The lowest BCUT2D eigenvalue weighted by molar-refractivity contribution is 0.100. The van der Waals surface area contributed by atoms with Crippen LogP contribution in [0.5, 0.6) is 0 Å². The van der Waals surface area contributed by atoms with Gasteiger partial charge in [0.15, 0.2) is 5.78 Å². The van der Waals surface area contributed by atoms with E-state index in [4.69, 9.17) is 5.73 Å². The second-order valence-electron chi connectivity index (χ2n) is 1.94. The monoisotopic (exact) mass is 140 g/mol. The Morgan fingerprint density at radius 2 is 2.60 bits per heavy atom. The van der Waals surface area contributed by atoms with Crippen LogP contribution in [0.1, 0.15) is 16.1 Å². The van der Waals surface area contributed by atoms with E-state index in [0.29, 0.717) is 11.3 Å². The van der Waals surface area contributed by atoms with E-state index in [1.165, 1.54) is 6.26 Å². The number of hydrogen-bond donors (Lipinski definition) is 1. The zero-order valence-electron chi connectivity index (χ0n) is 5.63. The second kappa shape index (κ2) is 2.62. The summed E-state index contributed by atoms with van der Waals surface area (Å²) in [5, 5.41) is 3.53. The zero-order valence-corrected chi connectivity index (χ0v) is 5.63. The molecule has 0 fully saturated rings. The number of carbonyl (C=O) groups excluding carboxylic acids is 1. The largest absolute Gasteiger partial charge is 0.364 e. The van der Waals surface area contributed by atoms with Gasteiger partial charge in [-0.25, -0.2) is 0 Å². The molecule has 0 aliphatic rings. The SMILES string of the molecule is Cc1nocc1C(=O)CN. The van der Waals surface area contributed by atoms with Crippen molar-refractivity contribution in [1.82, 2.24) is 5.16 Å². The maximum absolute atomic E-state index is 10.9. The Morgan fingerprint density at radius 1 is 1.90 bits per heavy atom. The van der Waals surface area contributed by atoms with E-state index in [-0.39, 0.29) is 12.3 Å². The molecule has 0 saturated carbocycles. The van der Waals surface area contributed by atoms with Crippen LogP contribution in [0.4, 0.5) is 0 Å². The van der Waals surface area contributed by atoms with Crippen molar-refractivity contribution in [3.63, 3.8) is 0 Å². The summed E-state index contributed by atoms with van der Waals surface area (Å²) in [6.45, 7) is 1.70. The molecule has 0 atom stereocenters. The number of ketones is 1. The summed E-state index contributed by atoms with van der Waals surface area (Å²) in [6, 6.07) is 0. The first kappa shape index (κ1) is 6.95. The van der Waals surface area contributed by atoms with Gasteiger partial charge in [0.05, 0.1) is 17.8 Å². The third-order valence-corrected chi connectivity index (χ3v) is 1.24. The van der Waals surface area contributed by atoms with Gasteiger partial charge in [0.1, 0.15) is 6.26 Å². The molecule has 1 aromatic rings. The predicted molar refractivity (Wildman–Crippen MR) is 34.6 cm³/mol. The molecule has 4 heteroatoms. The van der Waals surface area contributed by atoms with Crippen LogP contribution in [0, 0.1) is 6.92 Å². The van der Waals surface area contributed by atoms with E-state index in [0.717, 1.165) is 0 Å². The average Bonchev–Trinajstić information content (AvgIpc) is 2.34. The molecule has 1 aromatic heterocycles. The number of hydrogen-bond acceptors (Lipinski definition) is 4. The normalized spacial score (nSPS) is 9.80. The van der Waals surface area contributed by atoms with Gasteiger partial charge in [0.2, 0.25) is 0 Å². The lowest BCUT2D eigenvalue weighted by Gasteiger charge is -1.89. The Labute approximate surface area is 58.0 Å². The summed E-state index contributed by atoms with van der Waals surface area (Å²) in [6.07, 6.45) is 1.31. The minimum absolute atomic E-state index is 0.00204. The van der Waals surface area contributed by atoms with Crippen molar-refractivity contribution in [2.75, 3.05) is 6.54 Å². The fraction of sp³-hybridized carbons (Fsp3) is 0.333. The molecule has 0 bridgehead atoms. The summed E-state index contributed by atoms with van der Waals surface area (Å²) in [5.74, 6) is -0.140. The van der Waals surface area contributed by atoms with Crippen molar-refractivity contribution < 1.29 is 9.32 Å². The summed E-state index contributed by atoms with van der Waals surface area (Å²) in [7, 11) is 0. The zero-order chi connectivity index (χ0) is 7.56. The van der Waals surface area contributed by atoms with E-state index < -0.39 is 0 Å². The molecular weight excluding hydrogens is 132 g/mol. The number of rotatable bonds is 2. The van der Waals surface area contributed by atoms with Crippen LogP contribution in [0.3, 0.4) is 0 Å².